The molecule has 3 heteroatoms. The van der Waals surface area contributed by atoms with Gasteiger partial charge >= 0.3 is 0 Å². The maximum absolute atomic E-state index is 5.21. The number of hydrogen-bond acceptors (Lipinski definition) is 3. The molecule has 0 amide bonds. The second-order valence-corrected chi connectivity index (χ2v) is 3.44. The topological polar surface area (TPSA) is 30.5 Å². The number of benzene rings is 1. The van der Waals surface area contributed by atoms with Crippen molar-refractivity contribution in [1.82, 2.24) is 5.32 Å². The van der Waals surface area contributed by atoms with Crippen molar-refractivity contribution in [3.8, 4) is 11.5 Å². The van der Waals surface area contributed by atoms with Gasteiger partial charge in [0.1, 0.15) is 11.5 Å². The van der Waals surface area contributed by atoms with Crippen LogP contribution in [0.25, 0.3) is 0 Å². The van der Waals surface area contributed by atoms with E-state index in [1.807, 2.05) is 6.07 Å². The van der Waals surface area contributed by atoms with Gasteiger partial charge in [-0.2, -0.15) is 0 Å². The SMILES string of the molecule is COc1cc(OC)cc(C2CCN2)c1. The van der Waals surface area contributed by atoms with Crippen LogP contribution in [0.2, 0.25) is 0 Å². The van der Waals surface area contributed by atoms with Crippen LogP contribution >= 0.6 is 0 Å². The lowest BCUT2D eigenvalue weighted by atomic mass is 9.97. The van der Waals surface area contributed by atoms with Crippen molar-refractivity contribution in [3.63, 3.8) is 0 Å². The first kappa shape index (κ1) is 9.34. The molecule has 1 aromatic carbocycles. The summed E-state index contributed by atoms with van der Waals surface area (Å²) in [4.78, 5) is 0. The van der Waals surface area contributed by atoms with Gasteiger partial charge in [0, 0.05) is 12.1 Å². The summed E-state index contributed by atoms with van der Waals surface area (Å²) in [5.74, 6) is 1.71. The minimum Gasteiger partial charge on any atom is -0.497 e. The number of rotatable bonds is 3. The first-order chi connectivity index (χ1) is 6.83. The van der Waals surface area contributed by atoms with Gasteiger partial charge in [-0.15, -0.1) is 0 Å². The monoisotopic (exact) mass is 193 g/mol. The van der Waals surface area contributed by atoms with Gasteiger partial charge in [-0.25, -0.2) is 0 Å². The molecule has 0 aromatic heterocycles. The van der Waals surface area contributed by atoms with Crippen LogP contribution in [0.15, 0.2) is 18.2 Å². The Hall–Kier alpha value is -1.22. The largest absolute Gasteiger partial charge is 0.497 e. The summed E-state index contributed by atoms with van der Waals surface area (Å²) in [5, 5.41) is 3.35. The minimum absolute atomic E-state index is 0.471. The molecule has 1 aliphatic rings. The third-order valence-corrected chi connectivity index (χ3v) is 2.60. The Bertz CT molecular complexity index is 299. The highest BCUT2D eigenvalue weighted by Crippen LogP contribution is 2.30. The molecule has 1 aromatic rings. The quantitative estimate of drug-likeness (QED) is 0.793. The van der Waals surface area contributed by atoms with Crippen molar-refractivity contribution in [3.05, 3.63) is 23.8 Å². The van der Waals surface area contributed by atoms with E-state index < -0.39 is 0 Å². The maximum Gasteiger partial charge on any atom is 0.122 e. The van der Waals surface area contributed by atoms with Crippen molar-refractivity contribution in [2.75, 3.05) is 20.8 Å². The fourth-order valence-corrected chi connectivity index (χ4v) is 1.60. The predicted octanol–water partition coefficient (Wildman–Crippen LogP) is 1.74. The zero-order chi connectivity index (χ0) is 9.97. The van der Waals surface area contributed by atoms with Gasteiger partial charge in [-0.05, 0) is 30.7 Å². The first-order valence-electron chi connectivity index (χ1n) is 4.80. The Balaban J connectivity index is 2.28. The molecule has 1 fully saturated rings. The number of hydrogen-bond donors (Lipinski definition) is 1. The van der Waals surface area contributed by atoms with Crippen molar-refractivity contribution in [2.45, 2.75) is 12.5 Å². The molecule has 0 aliphatic carbocycles. The van der Waals surface area contributed by atoms with Crippen molar-refractivity contribution in [1.29, 1.82) is 0 Å². The molecular formula is C11H15NO2. The lowest BCUT2D eigenvalue weighted by molar-refractivity contribution is 0.368. The molecule has 1 saturated heterocycles. The standard InChI is InChI=1S/C11H15NO2/c1-13-9-5-8(11-3-4-12-11)6-10(7-9)14-2/h5-7,11-12H,3-4H2,1-2H3. The summed E-state index contributed by atoms with van der Waals surface area (Å²) in [6, 6.07) is 6.47. The third kappa shape index (κ3) is 1.68. The summed E-state index contributed by atoms with van der Waals surface area (Å²) in [5.41, 5.74) is 1.24. The van der Waals surface area contributed by atoms with Crippen LogP contribution < -0.4 is 14.8 Å². The van der Waals surface area contributed by atoms with Crippen molar-refractivity contribution < 1.29 is 9.47 Å². The van der Waals surface area contributed by atoms with E-state index in [9.17, 15) is 0 Å². The van der Waals surface area contributed by atoms with Crippen molar-refractivity contribution in [2.24, 2.45) is 0 Å². The highest BCUT2D eigenvalue weighted by atomic mass is 16.5. The van der Waals surface area contributed by atoms with E-state index in [2.05, 4.69) is 17.4 Å². The fourth-order valence-electron chi connectivity index (χ4n) is 1.60. The van der Waals surface area contributed by atoms with Gasteiger partial charge in [0.05, 0.1) is 14.2 Å². The lowest BCUT2D eigenvalue weighted by Crippen LogP contribution is -2.34. The maximum atomic E-state index is 5.21. The Morgan fingerprint density at radius 3 is 2.07 bits per heavy atom. The molecule has 1 N–H and O–H groups in total. The lowest BCUT2D eigenvalue weighted by Gasteiger charge is -2.28. The molecule has 0 spiro atoms. The number of methoxy groups -OCH3 is 2. The average Bonchev–Trinajstić information content (AvgIpc) is 2.14. The fraction of sp³-hybridized carbons (Fsp3) is 0.455. The highest BCUT2D eigenvalue weighted by molar-refractivity contribution is 5.40. The number of ether oxygens (including phenoxy) is 2. The van der Waals surface area contributed by atoms with E-state index in [4.69, 9.17) is 9.47 Å². The second kappa shape index (κ2) is 3.88. The van der Waals surface area contributed by atoms with Crippen LogP contribution in [0.3, 0.4) is 0 Å². The summed E-state index contributed by atoms with van der Waals surface area (Å²) in [6.45, 7) is 1.10. The second-order valence-electron chi connectivity index (χ2n) is 3.44. The Kier molecular flexibility index (Phi) is 2.59. The molecule has 0 radical (unpaired) electrons. The minimum atomic E-state index is 0.471. The summed E-state index contributed by atoms with van der Waals surface area (Å²) in [7, 11) is 3.35. The molecule has 14 heavy (non-hydrogen) atoms. The van der Waals surface area contributed by atoms with Gasteiger partial charge in [0.15, 0.2) is 0 Å². The molecule has 1 heterocycles. The molecule has 1 aliphatic heterocycles. The molecule has 3 nitrogen and oxygen atoms in total. The average molecular weight is 193 g/mol. The zero-order valence-electron chi connectivity index (χ0n) is 8.54. The van der Waals surface area contributed by atoms with E-state index in [0.29, 0.717) is 6.04 Å². The van der Waals surface area contributed by atoms with Crippen LogP contribution in [0, 0.1) is 0 Å². The molecule has 0 saturated carbocycles. The predicted molar refractivity (Wildman–Crippen MR) is 54.9 cm³/mol. The Morgan fingerprint density at radius 2 is 1.71 bits per heavy atom. The normalized spacial score (nSPS) is 20.0. The van der Waals surface area contributed by atoms with Gasteiger partial charge in [0.2, 0.25) is 0 Å². The van der Waals surface area contributed by atoms with Crippen LogP contribution in [-0.2, 0) is 0 Å². The van der Waals surface area contributed by atoms with Gasteiger partial charge < -0.3 is 14.8 Å². The van der Waals surface area contributed by atoms with E-state index >= 15 is 0 Å². The molecule has 1 atom stereocenters. The highest BCUT2D eigenvalue weighted by Gasteiger charge is 2.19. The van der Waals surface area contributed by atoms with Gasteiger partial charge in [0.25, 0.3) is 0 Å². The van der Waals surface area contributed by atoms with E-state index in [1.165, 1.54) is 12.0 Å². The van der Waals surface area contributed by atoms with E-state index in [0.717, 1.165) is 18.0 Å². The molecule has 76 valence electrons. The molecular weight excluding hydrogens is 178 g/mol. The van der Waals surface area contributed by atoms with Crippen LogP contribution in [-0.4, -0.2) is 20.8 Å². The molecule has 0 bridgehead atoms. The summed E-state index contributed by atoms with van der Waals surface area (Å²) < 4.78 is 10.4. The van der Waals surface area contributed by atoms with E-state index in [1.54, 1.807) is 14.2 Å². The Labute approximate surface area is 84.0 Å². The smallest absolute Gasteiger partial charge is 0.122 e. The summed E-state index contributed by atoms with van der Waals surface area (Å²) in [6.07, 6.45) is 1.19. The van der Waals surface area contributed by atoms with Gasteiger partial charge in [-0.3, -0.25) is 0 Å². The van der Waals surface area contributed by atoms with E-state index in [-0.39, 0.29) is 0 Å². The first-order valence-corrected chi connectivity index (χ1v) is 4.80. The third-order valence-electron chi connectivity index (χ3n) is 2.60. The summed E-state index contributed by atoms with van der Waals surface area (Å²) >= 11 is 0. The van der Waals surface area contributed by atoms with Crippen LogP contribution in [0.5, 0.6) is 11.5 Å². The Morgan fingerprint density at radius 1 is 1.14 bits per heavy atom. The number of nitrogens with one attached hydrogen (secondary N) is 1. The van der Waals surface area contributed by atoms with Crippen LogP contribution in [0.1, 0.15) is 18.0 Å². The zero-order valence-corrected chi connectivity index (χ0v) is 8.54. The van der Waals surface area contributed by atoms with Crippen LogP contribution in [0.4, 0.5) is 0 Å². The van der Waals surface area contributed by atoms with Crippen molar-refractivity contribution >= 4 is 0 Å². The molecule has 1 unspecified atom stereocenters. The van der Waals surface area contributed by atoms with Gasteiger partial charge in [-0.1, -0.05) is 0 Å². The molecule has 2 rings (SSSR count).